The highest BCUT2D eigenvalue weighted by Crippen LogP contribution is 2.54. The summed E-state index contributed by atoms with van der Waals surface area (Å²) in [4.78, 5) is 7.74. The first-order chi connectivity index (χ1) is 35.6. The Labute approximate surface area is 436 Å². The number of nitrogens with zero attached hydrogens (tertiary/aromatic N) is 2. The molecule has 0 amide bonds. The fraction of sp³-hybridized carbons (Fsp3) is 0.188. The molecule has 0 radical (unpaired) electrons. The largest absolute Gasteiger partial charge is 0.497 e. The van der Waals surface area contributed by atoms with Gasteiger partial charge in [-0.2, -0.15) is 0 Å². The molecule has 5 unspecified atom stereocenters. The van der Waals surface area contributed by atoms with Gasteiger partial charge in [-0.25, -0.2) is 0 Å². The van der Waals surface area contributed by atoms with Crippen LogP contribution in [0.3, 0.4) is 0 Å². The zero-order chi connectivity index (χ0) is 49.7. The predicted molar refractivity (Wildman–Crippen MR) is 312 cm³/mol. The highest BCUT2D eigenvalue weighted by atomic mass is 32.1. The Morgan fingerprint density at radius 3 is 1.95 bits per heavy atom. The summed E-state index contributed by atoms with van der Waals surface area (Å²) in [6, 6.07) is 53.9. The van der Waals surface area contributed by atoms with Crippen LogP contribution in [0, 0.1) is 17.3 Å². The molecule has 4 heteroatoms. The molecular weight excluding hydrogens is 905 g/mol. The number of thiophene rings is 1. The van der Waals surface area contributed by atoms with Crippen LogP contribution in [0.15, 0.2) is 242 Å². The summed E-state index contributed by atoms with van der Waals surface area (Å²) in [6.45, 7) is 9.48. The van der Waals surface area contributed by atoms with E-state index in [4.69, 9.17) is 4.74 Å². The number of hydrogen-bond acceptors (Lipinski definition) is 4. The molecular formula is C69H62N2OS. The van der Waals surface area contributed by atoms with Gasteiger partial charge in [-0.15, -0.1) is 11.3 Å². The molecule has 0 bridgehead atoms. The van der Waals surface area contributed by atoms with Gasteiger partial charge in [-0.3, -0.25) is 0 Å². The Bertz CT molecular complexity index is 3540. The number of ether oxygens (including phenoxy) is 1. The van der Waals surface area contributed by atoms with Crippen molar-refractivity contribution in [3.63, 3.8) is 0 Å². The second-order valence-corrected chi connectivity index (χ2v) is 22.2. The molecule has 7 aromatic rings. The maximum Gasteiger partial charge on any atom is 0.114 e. The summed E-state index contributed by atoms with van der Waals surface area (Å²) in [5, 5.41) is 2.46. The molecule has 1 heterocycles. The first-order valence-corrected chi connectivity index (χ1v) is 26.8. The van der Waals surface area contributed by atoms with Crippen molar-refractivity contribution in [3.05, 3.63) is 258 Å². The number of benzene rings is 6. The lowest BCUT2D eigenvalue weighted by atomic mass is 9.70. The Hall–Kier alpha value is -7.66. The van der Waals surface area contributed by atoms with Gasteiger partial charge in [0.05, 0.1) is 18.2 Å². The van der Waals surface area contributed by atoms with Crippen molar-refractivity contribution in [2.24, 2.45) is 17.3 Å². The van der Waals surface area contributed by atoms with Crippen LogP contribution < -0.4 is 9.80 Å². The monoisotopic (exact) mass is 966 g/mol. The van der Waals surface area contributed by atoms with Gasteiger partial charge in [-0.05, 0) is 126 Å². The first kappa shape index (κ1) is 46.4. The third kappa shape index (κ3) is 8.42. The van der Waals surface area contributed by atoms with Crippen molar-refractivity contribution in [1.29, 1.82) is 0 Å². The van der Waals surface area contributed by atoms with E-state index in [1.165, 1.54) is 76.4 Å². The molecule has 1 aromatic heterocycles. The van der Waals surface area contributed by atoms with Crippen molar-refractivity contribution < 1.29 is 4.74 Å². The predicted octanol–water partition coefficient (Wildman–Crippen LogP) is 18.3. The van der Waals surface area contributed by atoms with E-state index < -0.39 is 0 Å². The van der Waals surface area contributed by atoms with Gasteiger partial charge < -0.3 is 14.5 Å². The summed E-state index contributed by atoms with van der Waals surface area (Å²) in [6.07, 6.45) is 37.7. The molecule has 12 rings (SSSR count). The minimum Gasteiger partial charge on any atom is -0.497 e. The topological polar surface area (TPSA) is 15.7 Å². The maximum absolute atomic E-state index is 5.73. The van der Waals surface area contributed by atoms with Crippen LogP contribution in [-0.4, -0.2) is 18.2 Å². The number of rotatable bonds is 11. The molecule has 0 saturated heterocycles. The molecule has 360 valence electrons. The van der Waals surface area contributed by atoms with E-state index in [-0.39, 0.29) is 22.4 Å². The summed E-state index contributed by atoms with van der Waals surface area (Å²) in [7, 11) is 1.77. The molecule has 0 spiro atoms. The molecule has 0 fully saturated rings. The minimum absolute atomic E-state index is 0.120. The number of anilines is 3. The van der Waals surface area contributed by atoms with Crippen LogP contribution >= 0.6 is 11.3 Å². The van der Waals surface area contributed by atoms with Crippen LogP contribution in [0.25, 0.3) is 55.1 Å². The van der Waals surface area contributed by atoms with Gasteiger partial charge in [0.15, 0.2) is 0 Å². The number of allylic oxidation sites excluding steroid dienone is 11. The molecule has 73 heavy (non-hydrogen) atoms. The smallest absolute Gasteiger partial charge is 0.114 e. The van der Waals surface area contributed by atoms with E-state index in [1.54, 1.807) is 7.11 Å². The third-order valence-electron chi connectivity index (χ3n) is 16.0. The summed E-state index contributed by atoms with van der Waals surface area (Å²) in [5.74, 6) is 1.61. The van der Waals surface area contributed by atoms with Crippen molar-refractivity contribution in [3.8, 4) is 32.7 Å². The van der Waals surface area contributed by atoms with Crippen molar-refractivity contribution in [1.82, 2.24) is 0 Å². The Morgan fingerprint density at radius 1 is 0.575 bits per heavy atom. The van der Waals surface area contributed by atoms with Gasteiger partial charge in [0.2, 0.25) is 0 Å². The molecule has 5 aliphatic rings. The molecule has 5 aliphatic carbocycles. The average molecular weight is 967 g/mol. The highest BCUT2D eigenvalue weighted by Gasteiger charge is 2.43. The van der Waals surface area contributed by atoms with Crippen LogP contribution in [0.1, 0.15) is 56.5 Å². The maximum atomic E-state index is 5.73. The Morgan fingerprint density at radius 2 is 1.25 bits per heavy atom. The summed E-state index contributed by atoms with van der Waals surface area (Å²) >= 11 is 1.92. The van der Waals surface area contributed by atoms with Gasteiger partial charge in [0.25, 0.3) is 0 Å². The van der Waals surface area contributed by atoms with Crippen molar-refractivity contribution in [2.45, 2.75) is 58.0 Å². The first-order valence-electron chi connectivity index (χ1n) is 26.0. The van der Waals surface area contributed by atoms with E-state index in [0.717, 1.165) is 36.4 Å². The Balaban J connectivity index is 0.977. The van der Waals surface area contributed by atoms with Crippen LogP contribution in [-0.2, 0) is 11.2 Å². The van der Waals surface area contributed by atoms with Crippen LogP contribution in [0.5, 0.6) is 0 Å². The second kappa shape index (κ2) is 18.7. The molecule has 3 nitrogen and oxygen atoms in total. The van der Waals surface area contributed by atoms with E-state index in [0.29, 0.717) is 5.92 Å². The average Bonchev–Trinajstić information content (AvgIpc) is 3.83. The van der Waals surface area contributed by atoms with E-state index >= 15 is 0 Å². The standard InChI is InChI=1S/C69H62N2OS/c1-48-28-35-59-55(46-48)24-16-26-61(59)71(69(4)44-38-58(72-5)39-45-69)68(3)42-36-53(37-43-68)66-64(51-21-10-7-11-22-51)63(50-19-8-6-9-20-50)65(73-66)52-30-32-56(33-31-52)70(57-34-29-49-18-12-13-23-54(49)47-57)62-27-17-41-67(2)40-15-14-25-60(62)67/h6-42,44,47-48,60H,43,45-46H2,1-5H3. The zero-order valence-electron chi connectivity index (χ0n) is 42.5. The number of methoxy groups -OCH3 is 1. The lowest BCUT2D eigenvalue weighted by molar-refractivity contribution is 0.296. The molecule has 0 N–H and O–H groups in total. The third-order valence-corrected chi connectivity index (χ3v) is 17.3. The van der Waals surface area contributed by atoms with Gasteiger partial charge in [-0.1, -0.05) is 202 Å². The van der Waals surface area contributed by atoms with Crippen LogP contribution in [0.2, 0.25) is 0 Å². The normalized spacial score (nSPS) is 23.6. The fourth-order valence-corrected chi connectivity index (χ4v) is 13.5. The fourth-order valence-electron chi connectivity index (χ4n) is 12.2. The number of hydrogen-bond donors (Lipinski definition) is 0. The SMILES string of the molecule is COC1=CCC(C)(N(c2cccc3c2C=CC(C)C3)C2(C)C=CC(c3sc(-c4ccc(N(C5=CC=CC6(C)C=CC=CC56)c5ccc6ccccc6c5)cc4)c(-c4ccccc4)c3-c3ccccc3)=CC2)C=C1. The van der Waals surface area contributed by atoms with Gasteiger partial charge in [0.1, 0.15) is 5.76 Å². The molecule has 5 atom stereocenters. The van der Waals surface area contributed by atoms with E-state index in [9.17, 15) is 0 Å². The molecule has 0 saturated carbocycles. The lowest BCUT2D eigenvalue weighted by Gasteiger charge is -2.53. The van der Waals surface area contributed by atoms with Crippen molar-refractivity contribution in [2.75, 3.05) is 16.9 Å². The lowest BCUT2D eigenvalue weighted by Crippen LogP contribution is -2.58. The molecule has 6 aromatic carbocycles. The zero-order valence-corrected chi connectivity index (χ0v) is 43.3. The summed E-state index contributed by atoms with van der Waals surface area (Å²) in [5.41, 5.74) is 14.2. The van der Waals surface area contributed by atoms with Crippen molar-refractivity contribution >= 4 is 50.8 Å². The number of fused-ring (bicyclic) bond motifs is 3. The van der Waals surface area contributed by atoms with E-state index in [2.05, 4.69) is 274 Å². The van der Waals surface area contributed by atoms with Crippen LogP contribution in [0.4, 0.5) is 17.1 Å². The van der Waals surface area contributed by atoms with Gasteiger partial charge >= 0.3 is 0 Å². The summed E-state index contributed by atoms with van der Waals surface area (Å²) < 4.78 is 5.73. The van der Waals surface area contributed by atoms with Gasteiger partial charge in [0, 0.05) is 60.5 Å². The minimum atomic E-state index is -0.334. The molecule has 0 aliphatic heterocycles. The van der Waals surface area contributed by atoms with E-state index in [1.807, 2.05) is 11.3 Å². The quantitative estimate of drug-likeness (QED) is 0.128. The second-order valence-electron chi connectivity index (χ2n) is 21.2. The highest BCUT2D eigenvalue weighted by molar-refractivity contribution is 7.18. The Kier molecular flexibility index (Phi) is 11.9.